The van der Waals surface area contributed by atoms with E-state index in [0.29, 0.717) is 6.54 Å². The van der Waals surface area contributed by atoms with Gasteiger partial charge in [0.2, 0.25) is 0 Å². The number of ether oxygens (including phenoxy) is 1. The van der Waals surface area contributed by atoms with Crippen molar-refractivity contribution in [1.82, 2.24) is 4.98 Å². The van der Waals surface area contributed by atoms with E-state index in [0.717, 1.165) is 22.2 Å². The van der Waals surface area contributed by atoms with Crippen LogP contribution in [0.15, 0.2) is 36.5 Å². The van der Waals surface area contributed by atoms with E-state index in [1.165, 1.54) is 0 Å². The molecule has 3 heteroatoms. The van der Waals surface area contributed by atoms with Crippen LogP contribution in [0.2, 0.25) is 0 Å². The van der Waals surface area contributed by atoms with Gasteiger partial charge in [-0.1, -0.05) is 24.3 Å². The molecule has 3 nitrogen and oxygen atoms in total. The number of rotatable bonds is 3. The van der Waals surface area contributed by atoms with Crippen molar-refractivity contribution < 1.29 is 4.74 Å². The van der Waals surface area contributed by atoms with Crippen molar-refractivity contribution >= 4 is 17.0 Å². The Bertz CT molecular complexity index is 520. The normalized spacial score (nSPS) is 11.1. The van der Waals surface area contributed by atoms with Crippen LogP contribution in [0.3, 0.4) is 0 Å². The second kappa shape index (κ2) is 4.77. The van der Waals surface area contributed by atoms with Crippen LogP contribution in [-0.2, 0) is 0 Å². The summed E-state index contributed by atoms with van der Waals surface area (Å²) in [5.74, 6) is 0.792. The van der Waals surface area contributed by atoms with E-state index >= 15 is 0 Å². The molecule has 0 aliphatic carbocycles. The van der Waals surface area contributed by atoms with E-state index in [1.807, 2.05) is 36.4 Å². The van der Waals surface area contributed by atoms with E-state index in [2.05, 4.69) is 4.98 Å². The molecule has 2 aromatic rings. The summed E-state index contributed by atoms with van der Waals surface area (Å²) in [5.41, 5.74) is 7.43. The second-order valence-electron chi connectivity index (χ2n) is 3.39. The van der Waals surface area contributed by atoms with Crippen molar-refractivity contribution in [1.29, 1.82) is 0 Å². The zero-order valence-electron chi connectivity index (χ0n) is 9.18. The van der Waals surface area contributed by atoms with Crippen LogP contribution in [0.4, 0.5) is 0 Å². The highest BCUT2D eigenvalue weighted by Crippen LogP contribution is 2.26. The Morgan fingerprint density at radius 3 is 3.00 bits per heavy atom. The molecule has 0 bridgehead atoms. The molecule has 2 N–H and O–H groups in total. The van der Waals surface area contributed by atoms with Gasteiger partial charge < -0.3 is 10.5 Å². The Kier molecular flexibility index (Phi) is 3.17. The van der Waals surface area contributed by atoms with Crippen LogP contribution in [-0.4, -0.2) is 18.6 Å². The molecule has 82 valence electrons. The first kappa shape index (κ1) is 10.6. The lowest BCUT2D eigenvalue weighted by Gasteiger charge is -2.06. The molecule has 0 saturated carbocycles. The molecule has 0 atom stereocenters. The molecular formula is C13H14N2O. The molecule has 0 amide bonds. The van der Waals surface area contributed by atoms with Crippen LogP contribution in [0.5, 0.6) is 5.75 Å². The fourth-order valence-electron chi connectivity index (χ4n) is 1.67. The molecule has 1 aromatic carbocycles. The lowest BCUT2D eigenvalue weighted by Crippen LogP contribution is -1.93. The van der Waals surface area contributed by atoms with Crippen molar-refractivity contribution in [2.24, 2.45) is 5.73 Å². The highest BCUT2D eigenvalue weighted by molar-refractivity contribution is 5.91. The van der Waals surface area contributed by atoms with Gasteiger partial charge in [0.25, 0.3) is 0 Å². The number of aromatic nitrogens is 1. The van der Waals surface area contributed by atoms with Crippen molar-refractivity contribution in [2.75, 3.05) is 13.7 Å². The standard InChI is InChI=1S/C13H14N2O/c1-16-12-7-6-10(4-2-8-14)11-5-3-9-15-13(11)12/h2-7,9H,8,14H2,1H3/b4-2+. The Balaban J connectivity index is 2.64. The number of benzene rings is 1. The molecule has 16 heavy (non-hydrogen) atoms. The summed E-state index contributed by atoms with van der Waals surface area (Å²) in [5, 5.41) is 1.08. The number of methoxy groups -OCH3 is 1. The SMILES string of the molecule is COc1ccc(/C=C/CN)c2cccnc12. The van der Waals surface area contributed by atoms with E-state index in [-0.39, 0.29) is 0 Å². The Morgan fingerprint density at radius 2 is 2.25 bits per heavy atom. The molecule has 0 aliphatic heterocycles. The maximum Gasteiger partial charge on any atom is 0.145 e. The molecule has 0 aliphatic rings. The van der Waals surface area contributed by atoms with Gasteiger partial charge in [0.1, 0.15) is 11.3 Å². The van der Waals surface area contributed by atoms with Crippen molar-refractivity contribution in [3.63, 3.8) is 0 Å². The summed E-state index contributed by atoms with van der Waals surface area (Å²) >= 11 is 0. The predicted molar refractivity (Wildman–Crippen MR) is 66.4 cm³/mol. The molecule has 0 unspecified atom stereocenters. The topological polar surface area (TPSA) is 48.1 Å². The summed E-state index contributed by atoms with van der Waals surface area (Å²) in [6, 6.07) is 7.88. The predicted octanol–water partition coefficient (Wildman–Crippen LogP) is 2.22. The smallest absolute Gasteiger partial charge is 0.145 e. The summed E-state index contributed by atoms with van der Waals surface area (Å²) in [6.07, 6.45) is 5.69. The van der Waals surface area contributed by atoms with Crippen LogP contribution >= 0.6 is 0 Å². The van der Waals surface area contributed by atoms with Crippen molar-refractivity contribution in [3.05, 3.63) is 42.1 Å². The molecule has 0 spiro atoms. The summed E-state index contributed by atoms with van der Waals surface area (Å²) < 4.78 is 5.28. The van der Waals surface area contributed by atoms with Crippen LogP contribution in [0.25, 0.3) is 17.0 Å². The van der Waals surface area contributed by atoms with Crippen molar-refractivity contribution in [2.45, 2.75) is 0 Å². The molecule has 2 rings (SSSR count). The molecule has 0 radical (unpaired) electrons. The van der Waals surface area contributed by atoms with Gasteiger partial charge in [0.15, 0.2) is 0 Å². The molecule has 1 heterocycles. The third-order valence-electron chi connectivity index (χ3n) is 2.42. The number of nitrogens with two attached hydrogens (primary N) is 1. The highest BCUT2D eigenvalue weighted by atomic mass is 16.5. The maximum absolute atomic E-state index is 5.45. The number of pyridine rings is 1. The monoisotopic (exact) mass is 214 g/mol. The van der Waals surface area contributed by atoms with Gasteiger partial charge in [-0.25, -0.2) is 0 Å². The molecule has 0 fully saturated rings. The Morgan fingerprint density at radius 1 is 1.38 bits per heavy atom. The summed E-state index contributed by atoms with van der Waals surface area (Å²) in [6.45, 7) is 0.536. The van der Waals surface area contributed by atoms with Crippen molar-refractivity contribution in [3.8, 4) is 5.75 Å². The second-order valence-corrected chi connectivity index (χ2v) is 3.39. The summed E-state index contributed by atoms with van der Waals surface area (Å²) in [4.78, 5) is 4.33. The van der Waals surface area contributed by atoms with Crippen LogP contribution in [0, 0.1) is 0 Å². The quantitative estimate of drug-likeness (QED) is 0.852. The van der Waals surface area contributed by atoms with E-state index in [4.69, 9.17) is 10.5 Å². The van der Waals surface area contributed by atoms with Gasteiger partial charge in [0, 0.05) is 18.1 Å². The van der Waals surface area contributed by atoms with E-state index in [9.17, 15) is 0 Å². The minimum absolute atomic E-state index is 0.536. The van der Waals surface area contributed by atoms with Gasteiger partial charge in [-0.2, -0.15) is 0 Å². The fourth-order valence-corrected chi connectivity index (χ4v) is 1.67. The number of hydrogen-bond acceptors (Lipinski definition) is 3. The summed E-state index contributed by atoms with van der Waals surface area (Å²) in [7, 11) is 1.65. The average Bonchev–Trinajstić information content (AvgIpc) is 2.36. The average molecular weight is 214 g/mol. The van der Waals surface area contributed by atoms with Crippen LogP contribution in [0.1, 0.15) is 5.56 Å². The molecule has 1 aromatic heterocycles. The van der Waals surface area contributed by atoms with Gasteiger partial charge in [-0.05, 0) is 17.7 Å². The maximum atomic E-state index is 5.45. The Hall–Kier alpha value is -1.87. The van der Waals surface area contributed by atoms with Gasteiger partial charge in [-0.3, -0.25) is 4.98 Å². The number of hydrogen-bond donors (Lipinski definition) is 1. The first-order valence-electron chi connectivity index (χ1n) is 5.15. The lowest BCUT2D eigenvalue weighted by atomic mass is 10.1. The first-order valence-corrected chi connectivity index (χ1v) is 5.15. The van der Waals surface area contributed by atoms with Crippen LogP contribution < -0.4 is 10.5 Å². The Labute approximate surface area is 94.6 Å². The first-order chi connectivity index (χ1) is 7.86. The largest absolute Gasteiger partial charge is 0.494 e. The van der Waals surface area contributed by atoms with Gasteiger partial charge >= 0.3 is 0 Å². The molecule has 0 saturated heterocycles. The third-order valence-corrected chi connectivity index (χ3v) is 2.42. The fraction of sp³-hybridized carbons (Fsp3) is 0.154. The zero-order chi connectivity index (χ0) is 11.4. The molecular weight excluding hydrogens is 200 g/mol. The zero-order valence-corrected chi connectivity index (χ0v) is 9.18. The lowest BCUT2D eigenvalue weighted by molar-refractivity contribution is 0.419. The van der Waals surface area contributed by atoms with Gasteiger partial charge in [-0.15, -0.1) is 0 Å². The minimum Gasteiger partial charge on any atom is -0.494 e. The van der Waals surface area contributed by atoms with Gasteiger partial charge in [0.05, 0.1) is 7.11 Å². The third kappa shape index (κ3) is 1.90. The van der Waals surface area contributed by atoms with E-state index < -0.39 is 0 Å². The number of nitrogens with zero attached hydrogens (tertiary/aromatic N) is 1. The van der Waals surface area contributed by atoms with E-state index in [1.54, 1.807) is 13.3 Å². The number of fused-ring (bicyclic) bond motifs is 1. The minimum atomic E-state index is 0.536. The highest BCUT2D eigenvalue weighted by Gasteiger charge is 2.04.